The SMILES string of the molecule is CCCCCCCCCCCCCCCCCCCCCCCCC/C=C/CC/C=C/C(O)C(CO)NC(=O)CCCCCCCCCCCCCCCCCCCCCCCCCC. The van der Waals surface area contributed by atoms with E-state index < -0.39 is 12.1 Å². The van der Waals surface area contributed by atoms with Gasteiger partial charge in [-0.3, -0.25) is 4.79 Å². The highest BCUT2D eigenvalue weighted by Gasteiger charge is 2.18. The zero-order valence-corrected chi connectivity index (χ0v) is 44.5. The summed E-state index contributed by atoms with van der Waals surface area (Å²) in [4.78, 5) is 12.5. The van der Waals surface area contributed by atoms with E-state index in [4.69, 9.17) is 0 Å². The van der Waals surface area contributed by atoms with E-state index in [1.165, 1.54) is 289 Å². The molecule has 0 rings (SSSR count). The van der Waals surface area contributed by atoms with Crippen molar-refractivity contribution in [2.75, 3.05) is 6.61 Å². The van der Waals surface area contributed by atoms with Gasteiger partial charge in [0.1, 0.15) is 0 Å². The Hall–Kier alpha value is -1.13. The van der Waals surface area contributed by atoms with Crippen LogP contribution in [-0.4, -0.2) is 34.9 Å². The first-order chi connectivity index (χ1) is 32.2. The van der Waals surface area contributed by atoms with Crippen LogP contribution in [0.3, 0.4) is 0 Å². The summed E-state index contributed by atoms with van der Waals surface area (Å²) >= 11 is 0. The average Bonchev–Trinajstić information content (AvgIpc) is 3.31. The Morgan fingerprint density at radius 3 is 0.892 bits per heavy atom. The lowest BCUT2D eigenvalue weighted by Gasteiger charge is -2.19. The highest BCUT2D eigenvalue weighted by Crippen LogP contribution is 2.18. The molecule has 0 saturated carbocycles. The molecule has 0 aromatic heterocycles. The number of nitrogens with one attached hydrogen (secondary N) is 1. The molecule has 0 aliphatic heterocycles. The maximum Gasteiger partial charge on any atom is 0.220 e. The quantitative estimate of drug-likeness (QED) is 0.0421. The van der Waals surface area contributed by atoms with Crippen molar-refractivity contribution < 1.29 is 15.0 Å². The number of carbonyl (C=O) groups excluding carboxylic acids is 1. The largest absolute Gasteiger partial charge is 0.394 e. The summed E-state index contributed by atoms with van der Waals surface area (Å²) in [7, 11) is 0. The fraction of sp³-hybridized carbons (Fsp3) is 0.918. The molecular formula is C61H119NO3. The molecule has 4 heteroatoms. The zero-order valence-electron chi connectivity index (χ0n) is 44.5. The van der Waals surface area contributed by atoms with Gasteiger partial charge in [0.25, 0.3) is 0 Å². The molecule has 0 saturated heterocycles. The third-order valence-electron chi connectivity index (χ3n) is 14.2. The van der Waals surface area contributed by atoms with Crippen molar-refractivity contribution in [3.05, 3.63) is 24.3 Å². The smallest absolute Gasteiger partial charge is 0.220 e. The third kappa shape index (κ3) is 53.7. The molecule has 386 valence electrons. The van der Waals surface area contributed by atoms with Crippen LogP contribution in [0.25, 0.3) is 0 Å². The molecule has 0 radical (unpaired) electrons. The minimum absolute atomic E-state index is 0.0659. The van der Waals surface area contributed by atoms with Gasteiger partial charge in [-0.1, -0.05) is 327 Å². The lowest BCUT2D eigenvalue weighted by atomic mass is 10.0. The van der Waals surface area contributed by atoms with Gasteiger partial charge >= 0.3 is 0 Å². The summed E-state index contributed by atoms with van der Waals surface area (Å²) < 4.78 is 0. The molecule has 1 amide bonds. The molecule has 2 unspecified atom stereocenters. The molecule has 65 heavy (non-hydrogen) atoms. The van der Waals surface area contributed by atoms with Gasteiger partial charge in [-0.05, 0) is 32.1 Å². The van der Waals surface area contributed by atoms with Gasteiger partial charge in [0.15, 0.2) is 0 Å². The molecule has 0 fully saturated rings. The predicted molar refractivity (Wildman–Crippen MR) is 290 cm³/mol. The highest BCUT2D eigenvalue weighted by atomic mass is 16.3. The minimum atomic E-state index is -0.860. The van der Waals surface area contributed by atoms with Crippen molar-refractivity contribution in [1.29, 1.82) is 0 Å². The summed E-state index contributed by atoms with van der Waals surface area (Å²) in [6.07, 6.45) is 76.5. The zero-order chi connectivity index (χ0) is 47.0. The van der Waals surface area contributed by atoms with E-state index in [1.54, 1.807) is 6.08 Å². The van der Waals surface area contributed by atoms with E-state index in [9.17, 15) is 15.0 Å². The second-order valence-electron chi connectivity index (χ2n) is 20.8. The summed E-state index contributed by atoms with van der Waals surface area (Å²) in [5.74, 6) is -0.0659. The highest BCUT2D eigenvalue weighted by molar-refractivity contribution is 5.76. The molecule has 0 aliphatic rings. The van der Waals surface area contributed by atoms with Crippen molar-refractivity contribution >= 4 is 5.91 Å². The number of aliphatic hydroxyl groups excluding tert-OH is 2. The fourth-order valence-electron chi connectivity index (χ4n) is 9.61. The number of unbranched alkanes of at least 4 members (excludes halogenated alkanes) is 47. The van der Waals surface area contributed by atoms with Gasteiger partial charge in [0, 0.05) is 6.42 Å². The molecule has 0 aliphatic carbocycles. The van der Waals surface area contributed by atoms with Crippen LogP contribution < -0.4 is 5.32 Å². The van der Waals surface area contributed by atoms with E-state index in [0.29, 0.717) is 6.42 Å². The lowest BCUT2D eigenvalue weighted by Crippen LogP contribution is -2.45. The van der Waals surface area contributed by atoms with Crippen LogP contribution in [0.2, 0.25) is 0 Å². The first kappa shape index (κ1) is 63.9. The molecule has 4 nitrogen and oxygen atoms in total. The second kappa shape index (κ2) is 57.2. The molecule has 3 N–H and O–H groups in total. The van der Waals surface area contributed by atoms with Crippen molar-refractivity contribution in [2.24, 2.45) is 0 Å². The Balaban J connectivity index is 3.47. The summed E-state index contributed by atoms with van der Waals surface area (Å²) in [6, 6.07) is -0.637. The predicted octanol–water partition coefficient (Wildman–Crippen LogP) is 19.9. The summed E-state index contributed by atoms with van der Waals surface area (Å²) in [5.41, 5.74) is 0. The first-order valence-corrected chi connectivity index (χ1v) is 30.1. The van der Waals surface area contributed by atoms with Gasteiger partial charge in [-0.25, -0.2) is 0 Å². The Kier molecular flexibility index (Phi) is 56.2. The van der Waals surface area contributed by atoms with Gasteiger partial charge in [0.2, 0.25) is 5.91 Å². The van der Waals surface area contributed by atoms with Gasteiger partial charge in [0.05, 0.1) is 18.8 Å². The monoisotopic (exact) mass is 914 g/mol. The summed E-state index contributed by atoms with van der Waals surface area (Å²) in [6.45, 7) is 4.34. The number of amides is 1. The number of rotatable bonds is 56. The molecule has 0 aromatic carbocycles. The van der Waals surface area contributed by atoms with E-state index >= 15 is 0 Å². The molecule has 0 bridgehead atoms. The van der Waals surface area contributed by atoms with Gasteiger partial charge in [-0.2, -0.15) is 0 Å². The van der Waals surface area contributed by atoms with E-state index in [1.807, 2.05) is 6.08 Å². The van der Waals surface area contributed by atoms with Crippen LogP contribution in [0.5, 0.6) is 0 Å². The maximum absolute atomic E-state index is 12.5. The van der Waals surface area contributed by atoms with Gasteiger partial charge in [-0.15, -0.1) is 0 Å². The third-order valence-corrected chi connectivity index (χ3v) is 14.2. The van der Waals surface area contributed by atoms with Crippen molar-refractivity contribution in [1.82, 2.24) is 5.32 Å². The molecular weight excluding hydrogens is 795 g/mol. The van der Waals surface area contributed by atoms with Crippen molar-refractivity contribution in [3.8, 4) is 0 Å². The van der Waals surface area contributed by atoms with Crippen LogP contribution in [0.15, 0.2) is 24.3 Å². The lowest BCUT2D eigenvalue weighted by molar-refractivity contribution is -0.123. The van der Waals surface area contributed by atoms with Crippen LogP contribution in [-0.2, 0) is 4.79 Å². The first-order valence-electron chi connectivity index (χ1n) is 30.1. The minimum Gasteiger partial charge on any atom is -0.394 e. The Labute approximate surface area is 409 Å². The van der Waals surface area contributed by atoms with Crippen molar-refractivity contribution in [2.45, 2.75) is 353 Å². The second-order valence-corrected chi connectivity index (χ2v) is 20.8. The molecule has 0 spiro atoms. The van der Waals surface area contributed by atoms with Crippen LogP contribution in [0.4, 0.5) is 0 Å². The van der Waals surface area contributed by atoms with Crippen LogP contribution in [0, 0.1) is 0 Å². The van der Waals surface area contributed by atoms with Gasteiger partial charge < -0.3 is 15.5 Å². The average molecular weight is 915 g/mol. The van der Waals surface area contributed by atoms with Crippen LogP contribution >= 0.6 is 0 Å². The number of allylic oxidation sites excluding steroid dienone is 3. The Morgan fingerprint density at radius 2 is 0.600 bits per heavy atom. The number of hydrogen-bond donors (Lipinski definition) is 3. The van der Waals surface area contributed by atoms with Crippen molar-refractivity contribution in [3.63, 3.8) is 0 Å². The Bertz CT molecular complexity index is 947. The normalized spacial score (nSPS) is 12.9. The standard InChI is InChI=1S/C61H119NO3/c1-3-5-7-9-11-13-15-17-19-21-23-25-27-29-30-31-32-33-34-36-38-40-42-44-46-48-50-52-54-56-60(64)59(58-63)62-61(65)57-55-53-51-49-47-45-43-41-39-37-35-28-26-24-22-20-18-16-14-12-10-8-6-4-2/h46,48,54,56,59-60,63-64H,3-45,47,49-53,55,57-58H2,1-2H3,(H,62,65)/b48-46+,56-54+. The fourth-order valence-corrected chi connectivity index (χ4v) is 9.61. The molecule has 0 aromatic rings. The Morgan fingerprint density at radius 1 is 0.354 bits per heavy atom. The summed E-state index contributed by atoms with van der Waals surface area (Å²) in [5, 5.41) is 23.2. The van der Waals surface area contributed by atoms with E-state index in [2.05, 4.69) is 31.3 Å². The number of aliphatic hydroxyl groups is 2. The van der Waals surface area contributed by atoms with E-state index in [-0.39, 0.29) is 12.5 Å². The van der Waals surface area contributed by atoms with E-state index in [0.717, 1.165) is 32.1 Å². The molecule has 0 heterocycles. The molecule has 2 atom stereocenters. The number of hydrogen-bond acceptors (Lipinski definition) is 3. The maximum atomic E-state index is 12.5. The van der Waals surface area contributed by atoms with Crippen LogP contribution in [0.1, 0.15) is 341 Å². The number of carbonyl (C=O) groups is 1. The topological polar surface area (TPSA) is 69.6 Å².